The SMILES string of the molecule is CCCCCCCCCCC[C@@H](O)CC(=O)NC1C(OC(=O)C[C@H](O)CCCCCCCCCCC)[C@H](O)C(CO[C@@H]2O[C@H](CO)[C@@H](OP(=O)(O)O)C(OC(=O)C[C@H](O)CCCCCCCCCCC)C2NC(=O)C[C@H](O)CCCCCCCCCCC)O[C@@H]1OP(=O)(O)OP(=O)(O)CCN. The maximum atomic E-state index is 14.2. The van der Waals surface area contributed by atoms with Gasteiger partial charge in [0, 0.05) is 6.54 Å². The first kappa shape index (κ1) is 95.0. The molecule has 2 aliphatic heterocycles. The van der Waals surface area contributed by atoms with Gasteiger partial charge in [-0.3, -0.25) is 32.8 Å². The van der Waals surface area contributed by atoms with E-state index in [-0.39, 0.29) is 25.7 Å². The van der Waals surface area contributed by atoms with E-state index in [2.05, 4.69) is 38.3 Å². The second-order valence-electron chi connectivity index (χ2n) is 28.0. The Bertz CT molecular complexity index is 2320. The summed E-state index contributed by atoms with van der Waals surface area (Å²) in [4.78, 5) is 98.4. The number of hydrogen-bond acceptors (Lipinski definition) is 22. The van der Waals surface area contributed by atoms with Gasteiger partial charge in [-0.2, -0.15) is 0 Å². The first-order chi connectivity index (χ1) is 48.2. The molecule has 16 atom stereocenters. The van der Waals surface area contributed by atoms with Crippen LogP contribution < -0.4 is 16.4 Å². The van der Waals surface area contributed by atoms with E-state index in [0.29, 0.717) is 25.7 Å². The molecule has 0 saturated carbocycles. The molecule has 28 nitrogen and oxygen atoms in total. The molecule has 0 aromatic rings. The lowest BCUT2D eigenvalue weighted by Gasteiger charge is -2.47. The number of carbonyl (C=O) groups is 4. The van der Waals surface area contributed by atoms with E-state index in [4.69, 9.17) is 42.8 Å². The number of hydrogen-bond donors (Lipinski definition) is 13. The number of ether oxygens (including phenoxy) is 5. The van der Waals surface area contributed by atoms with Crippen molar-refractivity contribution < 1.29 is 120 Å². The van der Waals surface area contributed by atoms with E-state index in [0.717, 1.165) is 205 Å². The Hall–Kier alpha value is -2.11. The largest absolute Gasteiger partial charge is 0.481 e. The monoisotopic (exact) mass is 1510 g/mol. The molecule has 14 N–H and O–H groups in total. The predicted octanol–water partition coefficient (Wildman–Crippen LogP) is 11.0. The molecular weight excluding hydrogens is 1380 g/mol. The molecule has 2 saturated heterocycles. The summed E-state index contributed by atoms with van der Waals surface area (Å²) in [6.07, 6.45) is 10.9. The lowest BCUT2D eigenvalue weighted by Crippen LogP contribution is -2.68. The summed E-state index contributed by atoms with van der Waals surface area (Å²) >= 11 is 0. The van der Waals surface area contributed by atoms with Gasteiger partial charge in [-0.15, -0.1) is 0 Å². The Labute approximate surface area is 602 Å². The van der Waals surface area contributed by atoms with Crippen molar-refractivity contribution in [2.75, 3.05) is 25.9 Å². The van der Waals surface area contributed by atoms with Crippen LogP contribution in [0.1, 0.15) is 310 Å². The van der Waals surface area contributed by atoms with Crippen LogP contribution in [-0.2, 0) is 69.9 Å². The number of rotatable bonds is 64. The fourth-order valence-electron chi connectivity index (χ4n) is 12.8. The molecule has 596 valence electrons. The van der Waals surface area contributed by atoms with Crippen molar-refractivity contribution in [2.45, 2.75) is 396 Å². The van der Waals surface area contributed by atoms with Crippen LogP contribution in [-0.4, -0.2) is 186 Å². The van der Waals surface area contributed by atoms with Crippen LogP contribution in [0.2, 0.25) is 0 Å². The topological polar surface area (TPSA) is 446 Å². The number of unbranched alkanes of at least 4 members (excludes halogenated alkanes) is 32. The van der Waals surface area contributed by atoms with Gasteiger partial charge < -0.3 is 90.3 Å². The van der Waals surface area contributed by atoms with Crippen LogP contribution in [0, 0.1) is 0 Å². The van der Waals surface area contributed by atoms with Crippen LogP contribution in [0.15, 0.2) is 0 Å². The number of nitrogens with one attached hydrogen (secondary N) is 2. The molecule has 31 heteroatoms. The van der Waals surface area contributed by atoms with Gasteiger partial charge in [0.05, 0.1) is 69.5 Å². The van der Waals surface area contributed by atoms with E-state index < -0.39 is 184 Å². The molecule has 0 aliphatic carbocycles. The maximum absolute atomic E-state index is 14.2. The molecule has 2 heterocycles. The summed E-state index contributed by atoms with van der Waals surface area (Å²) in [5.74, 6) is -4.20. The molecule has 2 fully saturated rings. The molecule has 0 spiro atoms. The molecular formula is C70H136N3O25P3. The van der Waals surface area contributed by atoms with E-state index in [1.54, 1.807) is 0 Å². The Morgan fingerprint density at radius 2 is 0.772 bits per heavy atom. The third kappa shape index (κ3) is 45.3. The van der Waals surface area contributed by atoms with Crippen LogP contribution in [0.3, 0.4) is 0 Å². The fourth-order valence-corrected chi connectivity index (χ4v) is 15.9. The minimum atomic E-state index is -5.86. The highest BCUT2D eigenvalue weighted by atomic mass is 31.3. The second-order valence-corrected chi connectivity index (χ2v) is 32.7. The lowest BCUT2D eigenvalue weighted by atomic mass is 9.95. The highest BCUT2D eigenvalue weighted by molar-refractivity contribution is 7.64. The first-order valence-electron chi connectivity index (χ1n) is 38.6. The third-order valence-corrected chi connectivity index (χ3v) is 22.1. The molecule has 101 heavy (non-hydrogen) atoms. The molecule has 2 aliphatic rings. The van der Waals surface area contributed by atoms with E-state index >= 15 is 0 Å². The maximum Gasteiger partial charge on any atom is 0.481 e. The summed E-state index contributed by atoms with van der Waals surface area (Å²) < 4.78 is 84.9. The molecule has 2 amide bonds. The van der Waals surface area contributed by atoms with Gasteiger partial charge in [-0.25, -0.2) is 13.4 Å². The van der Waals surface area contributed by atoms with Crippen molar-refractivity contribution in [3.63, 3.8) is 0 Å². The number of aliphatic hydroxyl groups is 6. The molecule has 0 radical (unpaired) electrons. The van der Waals surface area contributed by atoms with Crippen molar-refractivity contribution in [3.8, 4) is 0 Å². The quantitative estimate of drug-likeness (QED) is 0.0153. The van der Waals surface area contributed by atoms with Gasteiger partial charge in [0.2, 0.25) is 11.8 Å². The van der Waals surface area contributed by atoms with Gasteiger partial charge in [0.1, 0.15) is 36.5 Å². The number of esters is 2. The van der Waals surface area contributed by atoms with Gasteiger partial charge in [0.25, 0.3) is 0 Å². The van der Waals surface area contributed by atoms with E-state index in [1.165, 1.54) is 0 Å². The van der Waals surface area contributed by atoms with Gasteiger partial charge >= 0.3 is 35.2 Å². The highest BCUT2D eigenvalue weighted by Crippen LogP contribution is 2.60. The number of phosphoric ester groups is 2. The van der Waals surface area contributed by atoms with Crippen LogP contribution in [0.25, 0.3) is 0 Å². The molecule has 0 bridgehead atoms. The van der Waals surface area contributed by atoms with Crippen molar-refractivity contribution in [2.24, 2.45) is 5.73 Å². The van der Waals surface area contributed by atoms with Crippen LogP contribution >= 0.6 is 23.2 Å². The van der Waals surface area contributed by atoms with Gasteiger partial charge in [-0.1, -0.05) is 259 Å². The third-order valence-electron chi connectivity index (χ3n) is 18.5. The van der Waals surface area contributed by atoms with Gasteiger partial charge in [0.15, 0.2) is 24.8 Å². The number of aliphatic hydroxyl groups excluding tert-OH is 6. The molecule has 0 aromatic heterocycles. The predicted molar refractivity (Wildman–Crippen MR) is 383 cm³/mol. The Kier molecular flexibility index (Phi) is 52.8. The fraction of sp³-hybridized carbons (Fsp3) is 0.943. The number of nitrogens with two attached hydrogens (primary N) is 1. The number of amides is 2. The summed E-state index contributed by atoms with van der Waals surface area (Å²) in [6, 6.07) is -3.94. The summed E-state index contributed by atoms with van der Waals surface area (Å²) in [6.45, 7) is 5.89. The van der Waals surface area contributed by atoms with Crippen molar-refractivity contribution in [1.29, 1.82) is 0 Å². The number of phosphoric acid groups is 2. The average Bonchev–Trinajstić information content (AvgIpc) is 0.782. The second kappa shape index (κ2) is 56.2. The zero-order valence-corrected chi connectivity index (χ0v) is 64.2. The first-order valence-corrected chi connectivity index (χ1v) is 43.4. The van der Waals surface area contributed by atoms with Crippen molar-refractivity contribution >= 4 is 47.0 Å². The number of carbonyl (C=O) groups excluding carboxylic acids is 4. The summed E-state index contributed by atoms with van der Waals surface area (Å²) in [7, 11) is -16.5. The normalized spacial score (nSPS) is 23.5. The zero-order chi connectivity index (χ0) is 74.9. The standard InChI is InChI=1S/C70H136N3O25P3/c1-5-9-13-17-21-25-29-33-37-41-53(75)47-59(79)72-63-67(94-61(81)49-55(77)43-39-35-31-27-23-19-15-11-7-3)65(83)58(93-70(63)97-101(89,90)98-99(84,85)46-45-71)52-91-69-64(73-60(80)48-54(76)42-38-34-30-26-22-18-14-10-6-2)68(66(57(51-74)92-69)96-100(86,87)88)95-62(82)50-56(78)44-40-36-32-28-24-20-16-12-8-4/h53-58,63-70,74-78,83H,5-52,71H2,1-4H3,(H,72,79)(H,73,80)(H,84,85)(H,89,90)(H2,86,87,88)/t53-,54-,55-,56-,57-,58?,63?,64?,65-,66-,67?,68?,69-,70-/m1/s1. The zero-order valence-electron chi connectivity index (χ0n) is 61.5. The van der Waals surface area contributed by atoms with Crippen LogP contribution in [0.4, 0.5) is 0 Å². The Balaban J connectivity index is 2.69. The summed E-state index contributed by atoms with van der Waals surface area (Å²) in [5, 5.41) is 72.8. The summed E-state index contributed by atoms with van der Waals surface area (Å²) in [5.41, 5.74) is 5.48. The van der Waals surface area contributed by atoms with Crippen molar-refractivity contribution in [3.05, 3.63) is 0 Å². The Morgan fingerprint density at radius 3 is 1.12 bits per heavy atom. The minimum absolute atomic E-state index is 0.165. The van der Waals surface area contributed by atoms with E-state index in [9.17, 15) is 83.1 Å². The highest BCUT2D eigenvalue weighted by Gasteiger charge is 2.55. The van der Waals surface area contributed by atoms with Crippen molar-refractivity contribution in [1.82, 2.24) is 10.6 Å². The average molecular weight is 1510 g/mol. The van der Waals surface area contributed by atoms with Gasteiger partial charge in [-0.05, 0) is 25.7 Å². The molecule has 2 rings (SSSR count). The van der Waals surface area contributed by atoms with Crippen LogP contribution in [0.5, 0.6) is 0 Å². The minimum Gasteiger partial charge on any atom is -0.457 e. The smallest absolute Gasteiger partial charge is 0.457 e. The Morgan fingerprint density at radius 1 is 0.446 bits per heavy atom. The van der Waals surface area contributed by atoms with E-state index in [1.807, 2.05) is 0 Å². The molecule has 7 unspecified atom stereocenters. The lowest BCUT2D eigenvalue weighted by molar-refractivity contribution is -0.296. The molecule has 0 aromatic carbocycles.